The lowest BCUT2D eigenvalue weighted by molar-refractivity contribution is -0.186. The quantitative estimate of drug-likeness (QED) is 0.543. The molecule has 2 aromatic carbocycles. The van der Waals surface area contributed by atoms with E-state index in [-0.39, 0.29) is 45.4 Å². The molecule has 0 spiro atoms. The molecule has 0 aromatic heterocycles. The van der Waals surface area contributed by atoms with Crippen molar-refractivity contribution in [2.45, 2.75) is 11.5 Å². The zero-order chi connectivity index (χ0) is 21.8. The summed E-state index contributed by atoms with van der Waals surface area (Å²) in [5, 5.41) is 9.70. The highest BCUT2D eigenvalue weighted by atomic mass is 16.6. The van der Waals surface area contributed by atoms with E-state index in [2.05, 4.69) is 30.8 Å². The zero-order valence-electron chi connectivity index (χ0n) is 17.2. The van der Waals surface area contributed by atoms with Crippen molar-refractivity contribution in [1.82, 2.24) is 4.90 Å². The maximum absolute atomic E-state index is 12.8. The van der Waals surface area contributed by atoms with Gasteiger partial charge in [-0.1, -0.05) is 54.6 Å². The van der Waals surface area contributed by atoms with Gasteiger partial charge in [0.15, 0.2) is 0 Å². The Bertz CT molecular complexity index is 944. The summed E-state index contributed by atoms with van der Waals surface area (Å²) in [7, 11) is 0. The van der Waals surface area contributed by atoms with Gasteiger partial charge in [-0.3, -0.25) is 0 Å². The lowest BCUT2D eigenvalue weighted by Gasteiger charge is -2.39. The van der Waals surface area contributed by atoms with Gasteiger partial charge in [0.1, 0.15) is 6.61 Å². The summed E-state index contributed by atoms with van der Waals surface area (Å²) in [6, 6.07) is 16.2. The molecular weight excluding hydrogens is 398 g/mol. The van der Waals surface area contributed by atoms with Crippen LogP contribution in [-0.4, -0.2) is 67.2 Å². The molecule has 1 fully saturated rings. The molecule has 1 N–H and O–H groups in total. The molecule has 1 atom stereocenters. The van der Waals surface area contributed by atoms with Gasteiger partial charge in [-0.2, -0.15) is 0 Å². The van der Waals surface area contributed by atoms with E-state index in [9.17, 15) is 14.7 Å². The molecule has 0 bridgehead atoms. The maximum Gasteiger partial charge on any atom is 0.409 e. The summed E-state index contributed by atoms with van der Waals surface area (Å²) in [5.41, 5.74) is 2.92. The first kappa shape index (κ1) is 21.1. The number of hydrogen-bond donors (Lipinski definition) is 1. The van der Waals surface area contributed by atoms with Crippen LogP contribution in [0.2, 0.25) is 0 Å². The van der Waals surface area contributed by atoms with E-state index in [4.69, 9.17) is 14.2 Å². The van der Waals surface area contributed by atoms with Gasteiger partial charge in [-0.25, -0.2) is 9.59 Å². The second-order valence-electron chi connectivity index (χ2n) is 7.68. The third-order valence-electron chi connectivity index (χ3n) is 5.74. The molecular formula is C24H25NO6. The van der Waals surface area contributed by atoms with Crippen molar-refractivity contribution in [2.75, 3.05) is 39.5 Å². The van der Waals surface area contributed by atoms with Crippen LogP contribution in [0.25, 0.3) is 11.1 Å². The number of amides is 1. The predicted molar refractivity (Wildman–Crippen MR) is 114 cm³/mol. The molecule has 4 rings (SSSR count). The molecule has 31 heavy (non-hydrogen) atoms. The third kappa shape index (κ3) is 4.06. The van der Waals surface area contributed by atoms with Crippen LogP contribution in [0.4, 0.5) is 4.79 Å². The van der Waals surface area contributed by atoms with Crippen molar-refractivity contribution in [1.29, 1.82) is 0 Å². The Morgan fingerprint density at radius 1 is 1.16 bits per heavy atom. The molecule has 1 aliphatic carbocycles. The average Bonchev–Trinajstić information content (AvgIpc) is 3.11. The highest BCUT2D eigenvalue weighted by molar-refractivity contribution is 5.80. The minimum absolute atomic E-state index is 0.0578. The van der Waals surface area contributed by atoms with E-state index in [1.165, 1.54) is 11.0 Å². The van der Waals surface area contributed by atoms with Crippen LogP contribution in [0.5, 0.6) is 0 Å². The normalized spacial score (nSPS) is 20.1. The first-order valence-corrected chi connectivity index (χ1v) is 10.2. The van der Waals surface area contributed by atoms with Crippen LogP contribution < -0.4 is 0 Å². The van der Waals surface area contributed by atoms with E-state index in [0.29, 0.717) is 0 Å². The Balaban J connectivity index is 1.45. The number of carboxylic acid groups (broad SMARTS) is 1. The zero-order valence-corrected chi connectivity index (χ0v) is 17.2. The molecule has 1 amide bonds. The third-order valence-corrected chi connectivity index (χ3v) is 5.74. The molecule has 162 valence electrons. The summed E-state index contributed by atoms with van der Waals surface area (Å²) in [5.74, 6) is -1.23. The molecule has 1 unspecified atom stereocenters. The molecule has 0 radical (unpaired) electrons. The first-order valence-electron chi connectivity index (χ1n) is 10.2. The number of ether oxygens (including phenoxy) is 3. The number of benzene rings is 2. The molecule has 1 saturated heterocycles. The van der Waals surface area contributed by atoms with Gasteiger partial charge in [-0.05, 0) is 22.3 Å². The monoisotopic (exact) mass is 423 g/mol. The Hall–Kier alpha value is -3.16. The van der Waals surface area contributed by atoms with E-state index >= 15 is 0 Å². The van der Waals surface area contributed by atoms with Crippen LogP contribution in [-0.2, 0) is 19.0 Å². The SMILES string of the molecule is C=CCOCC1(C(=O)O)CN(C(=O)OCC2c3ccccc3-c3ccccc32)CCO1. The number of carbonyl (C=O) groups is 2. The van der Waals surface area contributed by atoms with Gasteiger partial charge in [0.25, 0.3) is 0 Å². The number of carboxylic acids is 1. The van der Waals surface area contributed by atoms with Crippen molar-refractivity contribution in [3.63, 3.8) is 0 Å². The average molecular weight is 423 g/mol. The Morgan fingerprint density at radius 2 is 1.81 bits per heavy atom. The smallest absolute Gasteiger partial charge is 0.409 e. The Labute approximate surface area is 180 Å². The number of hydrogen-bond acceptors (Lipinski definition) is 5. The molecule has 7 heteroatoms. The highest BCUT2D eigenvalue weighted by Gasteiger charge is 2.46. The molecule has 1 heterocycles. The largest absolute Gasteiger partial charge is 0.479 e. The van der Waals surface area contributed by atoms with E-state index < -0.39 is 17.7 Å². The molecule has 7 nitrogen and oxygen atoms in total. The van der Waals surface area contributed by atoms with E-state index in [0.717, 1.165) is 22.3 Å². The minimum atomic E-state index is -1.62. The molecule has 2 aromatic rings. The summed E-state index contributed by atoms with van der Waals surface area (Å²) >= 11 is 0. The number of nitrogens with zero attached hydrogens (tertiary/aromatic N) is 1. The maximum atomic E-state index is 12.8. The van der Waals surface area contributed by atoms with Gasteiger partial charge in [-0.15, -0.1) is 6.58 Å². The Morgan fingerprint density at radius 3 is 2.42 bits per heavy atom. The number of aliphatic carboxylic acids is 1. The summed E-state index contributed by atoms with van der Waals surface area (Å²) < 4.78 is 16.5. The number of fused-ring (bicyclic) bond motifs is 3. The number of carbonyl (C=O) groups excluding carboxylic acids is 1. The van der Waals surface area contributed by atoms with Crippen molar-refractivity contribution in [3.8, 4) is 11.1 Å². The van der Waals surface area contributed by atoms with Crippen LogP contribution in [0.15, 0.2) is 61.2 Å². The van der Waals surface area contributed by atoms with Gasteiger partial charge >= 0.3 is 12.1 Å². The fourth-order valence-electron chi connectivity index (χ4n) is 4.21. The predicted octanol–water partition coefficient (Wildman–Crippen LogP) is 3.29. The van der Waals surface area contributed by atoms with E-state index in [1.54, 1.807) is 0 Å². The van der Waals surface area contributed by atoms with Crippen LogP contribution >= 0.6 is 0 Å². The van der Waals surface area contributed by atoms with Crippen molar-refractivity contribution in [2.24, 2.45) is 0 Å². The molecule has 1 aliphatic heterocycles. The lowest BCUT2D eigenvalue weighted by atomic mass is 9.98. The summed E-state index contributed by atoms with van der Waals surface area (Å²) in [4.78, 5) is 26.1. The summed E-state index contributed by atoms with van der Waals surface area (Å²) in [6.45, 7) is 3.95. The van der Waals surface area contributed by atoms with Crippen molar-refractivity contribution >= 4 is 12.1 Å². The fourth-order valence-corrected chi connectivity index (χ4v) is 4.21. The standard InChI is InChI=1S/C24H25NO6/c1-2-12-29-16-24(22(26)27)15-25(11-13-31-24)23(28)30-14-21-19-9-5-3-7-17(19)18-8-4-6-10-20(18)21/h2-10,21H,1,11-16H2,(H,26,27). The summed E-state index contributed by atoms with van der Waals surface area (Å²) in [6.07, 6.45) is 0.973. The highest BCUT2D eigenvalue weighted by Crippen LogP contribution is 2.44. The van der Waals surface area contributed by atoms with Gasteiger partial charge in [0.05, 0.1) is 26.4 Å². The number of rotatable bonds is 7. The van der Waals surface area contributed by atoms with Gasteiger partial charge < -0.3 is 24.2 Å². The first-order chi connectivity index (χ1) is 15.1. The second-order valence-corrected chi connectivity index (χ2v) is 7.68. The minimum Gasteiger partial charge on any atom is -0.479 e. The molecule has 0 saturated carbocycles. The van der Waals surface area contributed by atoms with Gasteiger partial charge in [0.2, 0.25) is 5.60 Å². The van der Waals surface area contributed by atoms with Gasteiger partial charge in [0, 0.05) is 12.5 Å². The fraction of sp³-hybridized carbons (Fsp3) is 0.333. The lowest BCUT2D eigenvalue weighted by Crippen LogP contribution is -2.60. The van der Waals surface area contributed by atoms with Crippen LogP contribution in [0, 0.1) is 0 Å². The molecule has 2 aliphatic rings. The van der Waals surface area contributed by atoms with Crippen molar-refractivity contribution in [3.05, 3.63) is 72.3 Å². The van der Waals surface area contributed by atoms with E-state index in [1.807, 2.05) is 24.3 Å². The topological polar surface area (TPSA) is 85.3 Å². The van der Waals surface area contributed by atoms with Crippen LogP contribution in [0.1, 0.15) is 17.0 Å². The van der Waals surface area contributed by atoms with Crippen LogP contribution in [0.3, 0.4) is 0 Å². The van der Waals surface area contributed by atoms with Crippen molar-refractivity contribution < 1.29 is 28.9 Å². The second kappa shape index (κ2) is 8.91. The Kier molecular flexibility index (Phi) is 6.06. The number of morpholine rings is 1.